The molecule has 0 spiro atoms. The molecule has 0 bridgehead atoms. The number of hydrogen-bond acceptors (Lipinski definition) is 8. The maximum absolute atomic E-state index is 12.8. The second-order valence-electron chi connectivity index (χ2n) is 7.35. The van der Waals surface area contributed by atoms with Crippen LogP contribution in [0.3, 0.4) is 0 Å². The van der Waals surface area contributed by atoms with E-state index < -0.39 is 55.0 Å². The molecule has 0 saturated heterocycles. The van der Waals surface area contributed by atoms with Gasteiger partial charge in [-0.3, -0.25) is 19.4 Å². The first-order valence-corrected chi connectivity index (χ1v) is 10.3. The number of phenolic OH excluding ortho intramolecular Hbond substituents is 1. The lowest BCUT2D eigenvalue weighted by Gasteiger charge is -2.22. The van der Waals surface area contributed by atoms with Gasteiger partial charge in [0.1, 0.15) is 23.9 Å². The molecule has 0 aliphatic rings. The summed E-state index contributed by atoms with van der Waals surface area (Å²) >= 11 is 0. The van der Waals surface area contributed by atoms with Gasteiger partial charge in [-0.05, 0) is 30.5 Å². The Kier molecular flexibility index (Phi) is 11.8. The molecule has 12 N–H and O–H groups in total. The van der Waals surface area contributed by atoms with E-state index in [4.69, 9.17) is 22.3 Å². The summed E-state index contributed by atoms with van der Waals surface area (Å²) in [5.74, 6) is -3.68. The number of aliphatic hydroxyl groups excluding tert-OH is 1. The van der Waals surface area contributed by atoms with Crippen molar-refractivity contribution in [3.63, 3.8) is 0 Å². The van der Waals surface area contributed by atoms with E-state index in [9.17, 15) is 29.4 Å². The lowest BCUT2D eigenvalue weighted by Crippen LogP contribution is -2.54. The second-order valence-corrected chi connectivity index (χ2v) is 7.35. The molecule has 14 heteroatoms. The number of aliphatic imine (C=N–C) groups is 1. The van der Waals surface area contributed by atoms with E-state index in [2.05, 4.69) is 20.9 Å². The Morgan fingerprint density at radius 3 is 2.21 bits per heavy atom. The number of benzene rings is 1. The van der Waals surface area contributed by atoms with Gasteiger partial charge >= 0.3 is 5.97 Å². The lowest BCUT2D eigenvalue weighted by atomic mass is 10.0. The van der Waals surface area contributed by atoms with E-state index >= 15 is 0 Å². The first-order valence-electron chi connectivity index (χ1n) is 10.3. The van der Waals surface area contributed by atoms with Crippen LogP contribution in [0.1, 0.15) is 18.4 Å². The van der Waals surface area contributed by atoms with E-state index in [0.29, 0.717) is 5.56 Å². The molecule has 34 heavy (non-hydrogen) atoms. The van der Waals surface area contributed by atoms with Gasteiger partial charge in [0.15, 0.2) is 5.96 Å². The Labute approximate surface area is 195 Å². The van der Waals surface area contributed by atoms with Crippen molar-refractivity contribution in [2.45, 2.75) is 37.4 Å². The summed E-state index contributed by atoms with van der Waals surface area (Å²) in [7, 11) is 0. The van der Waals surface area contributed by atoms with Crippen molar-refractivity contribution in [2.75, 3.05) is 19.7 Å². The molecule has 188 valence electrons. The monoisotopic (exact) mass is 481 g/mol. The van der Waals surface area contributed by atoms with Gasteiger partial charge in [0.25, 0.3) is 0 Å². The number of nitrogens with two attached hydrogens (primary N) is 3. The number of carbonyl (C=O) groups is 4. The largest absolute Gasteiger partial charge is 0.508 e. The number of aromatic hydroxyl groups is 1. The van der Waals surface area contributed by atoms with E-state index in [-0.39, 0.29) is 37.5 Å². The molecule has 0 aromatic heterocycles. The minimum Gasteiger partial charge on any atom is -0.508 e. The Morgan fingerprint density at radius 2 is 1.65 bits per heavy atom. The third-order valence-corrected chi connectivity index (χ3v) is 4.54. The maximum Gasteiger partial charge on any atom is 0.326 e. The highest BCUT2D eigenvalue weighted by Crippen LogP contribution is 2.12. The quantitative estimate of drug-likeness (QED) is 0.0718. The minimum atomic E-state index is -1.31. The third-order valence-electron chi connectivity index (χ3n) is 4.54. The molecular formula is C20H31N7O7. The number of hydrogen-bond donors (Lipinski definition) is 9. The zero-order valence-electron chi connectivity index (χ0n) is 18.4. The van der Waals surface area contributed by atoms with Gasteiger partial charge in [-0.25, -0.2) is 4.79 Å². The predicted octanol–water partition coefficient (Wildman–Crippen LogP) is -3.52. The van der Waals surface area contributed by atoms with Gasteiger partial charge in [0.05, 0.1) is 13.2 Å². The molecule has 0 aliphatic heterocycles. The summed E-state index contributed by atoms with van der Waals surface area (Å²) in [6.07, 6.45) is 0.294. The van der Waals surface area contributed by atoms with Crippen molar-refractivity contribution in [3.8, 4) is 5.75 Å². The highest BCUT2D eigenvalue weighted by molar-refractivity contribution is 5.92. The first-order chi connectivity index (χ1) is 16.0. The summed E-state index contributed by atoms with van der Waals surface area (Å²) in [6, 6.07) is 2.16. The van der Waals surface area contributed by atoms with E-state index in [1.165, 1.54) is 24.3 Å². The van der Waals surface area contributed by atoms with E-state index in [0.717, 1.165) is 0 Å². The number of guanidine groups is 1. The number of carboxylic acid groups (broad SMARTS) is 1. The molecular weight excluding hydrogens is 450 g/mol. The molecule has 3 unspecified atom stereocenters. The molecule has 1 rings (SSSR count). The first kappa shape index (κ1) is 28.1. The number of nitrogens with zero attached hydrogens (tertiary/aromatic N) is 1. The fraction of sp³-hybridized carbons (Fsp3) is 0.450. The Balaban J connectivity index is 2.84. The van der Waals surface area contributed by atoms with Crippen LogP contribution in [0.4, 0.5) is 0 Å². The van der Waals surface area contributed by atoms with Crippen molar-refractivity contribution in [1.29, 1.82) is 0 Å². The van der Waals surface area contributed by atoms with Crippen LogP contribution in [0, 0.1) is 0 Å². The SMILES string of the molecule is NC(N)=NCCCC(NC(=O)CNC(=O)C(N)CO)C(=O)NC(Cc1ccc(O)cc1)C(=O)O. The number of amides is 3. The number of aliphatic hydroxyl groups is 1. The highest BCUT2D eigenvalue weighted by atomic mass is 16.4. The predicted molar refractivity (Wildman–Crippen MR) is 121 cm³/mol. The Morgan fingerprint density at radius 1 is 1.00 bits per heavy atom. The molecule has 0 radical (unpaired) electrons. The van der Waals surface area contributed by atoms with Crippen LogP contribution in [-0.2, 0) is 25.6 Å². The smallest absolute Gasteiger partial charge is 0.326 e. The maximum atomic E-state index is 12.8. The Hall–Kier alpha value is -3.91. The van der Waals surface area contributed by atoms with Crippen LogP contribution in [0.15, 0.2) is 29.3 Å². The van der Waals surface area contributed by atoms with Crippen LogP contribution in [0.2, 0.25) is 0 Å². The van der Waals surface area contributed by atoms with Gasteiger partial charge in [0, 0.05) is 13.0 Å². The van der Waals surface area contributed by atoms with Crippen LogP contribution in [0.25, 0.3) is 0 Å². The molecule has 3 atom stereocenters. The van der Waals surface area contributed by atoms with Gasteiger partial charge in [-0.1, -0.05) is 12.1 Å². The second kappa shape index (κ2) is 14.3. The normalized spacial score (nSPS) is 13.1. The fourth-order valence-electron chi connectivity index (χ4n) is 2.74. The van der Waals surface area contributed by atoms with Crippen molar-refractivity contribution in [2.24, 2.45) is 22.2 Å². The van der Waals surface area contributed by atoms with Crippen molar-refractivity contribution >= 4 is 29.7 Å². The molecule has 1 aromatic rings. The van der Waals surface area contributed by atoms with E-state index in [1.54, 1.807) is 0 Å². The number of phenols is 1. The van der Waals surface area contributed by atoms with E-state index in [1.807, 2.05) is 0 Å². The van der Waals surface area contributed by atoms with Crippen LogP contribution in [-0.4, -0.2) is 82.8 Å². The summed E-state index contributed by atoms with van der Waals surface area (Å²) in [6.45, 7) is -0.957. The van der Waals surface area contributed by atoms with Crippen LogP contribution in [0.5, 0.6) is 5.75 Å². The van der Waals surface area contributed by atoms with Crippen molar-refractivity contribution < 1.29 is 34.5 Å². The molecule has 0 heterocycles. The zero-order valence-corrected chi connectivity index (χ0v) is 18.4. The van der Waals surface area contributed by atoms with Crippen LogP contribution >= 0.6 is 0 Å². The molecule has 0 fully saturated rings. The van der Waals surface area contributed by atoms with Crippen molar-refractivity contribution in [3.05, 3.63) is 29.8 Å². The van der Waals surface area contributed by atoms with Gasteiger partial charge < -0.3 is 48.5 Å². The fourth-order valence-corrected chi connectivity index (χ4v) is 2.74. The average molecular weight is 482 g/mol. The summed E-state index contributed by atoms with van der Waals surface area (Å²) in [4.78, 5) is 52.1. The molecule has 1 aromatic carbocycles. The molecule has 0 aliphatic carbocycles. The molecule has 3 amide bonds. The molecule has 0 saturated carbocycles. The van der Waals surface area contributed by atoms with Crippen LogP contribution < -0.4 is 33.2 Å². The Bertz CT molecular complexity index is 873. The van der Waals surface area contributed by atoms with Gasteiger partial charge in [-0.2, -0.15) is 0 Å². The number of carbonyl (C=O) groups excluding carboxylic acids is 3. The topological polar surface area (TPSA) is 255 Å². The number of carboxylic acids is 1. The number of aliphatic carboxylic acids is 1. The standard InChI is InChI=1S/C20H31N7O7/c21-13(10-28)17(31)25-9-16(30)26-14(2-1-7-24-20(22)23)18(32)27-15(19(33)34)8-11-3-5-12(29)6-4-11/h3-6,13-15,28-29H,1-2,7-10,21H2,(H,25,31)(H,26,30)(H,27,32)(H,33,34)(H4,22,23,24). The number of nitrogens with one attached hydrogen (secondary N) is 3. The van der Waals surface area contributed by atoms with Crippen molar-refractivity contribution in [1.82, 2.24) is 16.0 Å². The summed E-state index contributed by atoms with van der Waals surface area (Å²) in [5, 5.41) is 34.8. The van der Waals surface area contributed by atoms with Gasteiger partial charge in [0.2, 0.25) is 17.7 Å². The van der Waals surface area contributed by atoms with Gasteiger partial charge in [-0.15, -0.1) is 0 Å². The highest BCUT2D eigenvalue weighted by Gasteiger charge is 2.27. The molecule has 14 nitrogen and oxygen atoms in total. The summed E-state index contributed by atoms with van der Waals surface area (Å²) in [5.41, 5.74) is 16.4. The minimum absolute atomic E-state index is 0.00949. The number of rotatable bonds is 14. The lowest BCUT2D eigenvalue weighted by molar-refractivity contribution is -0.142. The summed E-state index contributed by atoms with van der Waals surface area (Å²) < 4.78 is 0. The zero-order chi connectivity index (χ0) is 25.7. The third kappa shape index (κ3) is 10.6. The average Bonchev–Trinajstić information content (AvgIpc) is 2.79.